The molecule has 1 saturated carbocycles. The van der Waals surface area contributed by atoms with E-state index >= 15 is 0 Å². The van der Waals surface area contributed by atoms with Crippen molar-refractivity contribution in [1.82, 2.24) is 14.8 Å². The van der Waals surface area contributed by atoms with Crippen molar-refractivity contribution in [3.05, 3.63) is 0 Å². The first-order chi connectivity index (χ1) is 8.46. The second-order valence-electron chi connectivity index (χ2n) is 6.05. The first-order valence-electron chi connectivity index (χ1n) is 6.94. The number of fused-ring (bicyclic) bond motifs is 1. The van der Waals surface area contributed by atoms with E-state index in [1.165, 1.54) is 0 Å². The van der Waals surface area contributed by atoms with Crippen LogP contribution in [0.2, 0.25) is 0 Å². The lowest BCUT2D eigenvalue weighted by molar-refractivity contribution is 0.260. The summed E-state index contributed by atoms with van der Waals surface area (Å²) < 4.78 is 29.1. The fraction of sp³-hybridized carbons (Fsp3) is 1.00. The van der Waals surface area contributed by atoms with Gasteiger partial charge in [0, 0.05) is 12.6 Å². The lowest BCUT2D eigenvalue weighted by Crippen LogP contribution is -2.46. The fourth-order valence-corrected chi connectivity index (χ4v) is 4.23. The van der Waals surface area contributed by atoms with Gasteiger partial charge in [-0.1, -0.05) is 13.8 Å². The predicted octanol–water partition coefficient (Wildman–Crippen LogP) is 0.455. The summed E-state index contributed by atoms with van der Waals surface area (Å²) in [6.45, 7) is 6.64. The van der Waals surface area contributed by atoms with E-state index in [0.29, 0.717) is 18.4 Å². The molecule has 2 rings (SSSR count). The molecule has 6 heteroatoms. The molecule has 3 atom stereocenters. The summed E-state index contributed by atoms with van der Waals surface area (Å²) in [6.07, 6.45) is 3.07. The monoisotopic (exact) mass is 275 g/mol. The van der Waals surface area contributed by atoms with Crippen molar-refractivity contribution in [1.29, 1.82) is 0 Å². The molecule has 0 aromatic heterocycles. The van der Waals surface area contributed by atoms with Gasteiger partial charge in [-0.15, -0.1) is 0 Å². The topological polar surface area (TPSA) is 70.2 Å². The van der Waals surface area contributed by atoms with E-state index in [4.69, 9.17) is 0 Å². The number of hydrogen-bond donors (Lipinski definition) is 3. The van der Waals surface area contributed by atoms with Crippen molar-refractivity contribution < 1.29 is 8.42 Å². The molecule has 2 aliphatic rings. The molecular formula is C12H25N3O2S. The van der Waals surface area contributed by atoms with Crippen molar-refractivity contribution in [2.75, 3.05) is 19.6 Å². The van der Waals surface area contributed by atoms with E-state index < -0.39 is 10.2 Å². The van der Waals surface area contributed by atoms with Gasteiger partial charge < -0.3 is 5.32 Å². The minimum absolute atomic E-state index is 0.107. The maximum absolute atomic E-state index is 11.9. The fourth-order valence-electron chi connectivity index (χ4n) is 2.94. The molecule has 1 heterocycles. The van der Waals surface area contributed by atoms with Crippen LogP contribution >= 0.6 is 0 Å². The number of rotatable bonds is 5. The van der Waals surface area contributed by atoms with Gasteiger partial charge in [0.15, 0.2) is 0 Å². The Bertz CT molecular complexity index is 370. The van der Waals surface area contributed by atoms with Crippen LogP contribution in [0.25, 0.3) is 0 Å². The van der Waals surface area contributed by atoms with Gasteiger partial charge in [-0.05, 0) is 50.1 Å². The Balaban J connectivity index is 1.82. The third kappa shape index (κ3) is 3.91. The van der Waals surface area contributed by atoms with Crippen LogP contribution in [-0.4, -0.2) is 34.1 Å². The molecule has 3 N–H and O–H groups in total. The van der Waals surface area contributed by atoms with Crippen molar-refractivity contribution in [3.63, 3.8) is 0 Å². The molecule has 0 radical (unpaired) electrons. The summed E-state index contributed by atoms with van der Waals surface area (Å²) in [5.41, 5.74) is 0. The molecule has 0 aromatic rings. The molecule has 1 unspecified atom stereocenters. The van der Waals surface area contributed by atoms with Crippen LogP contribution in [0.5, 0.6) is 0 Å². The largest absolute Gasteiger partial charge is 0.316 e. The van der Waals surface area contributed by atoms with Crippen molar-refractivity contribution >= 4 is 10.2 Å². The van der Waals surface area contributed by atoms with Gasteiger partial charge >= 0.3 is 0 Å². The summed E-state index contributed by atoms with van der Waals surface area (Å²) in [5.74, 6) is 1.74. The SMILES string of the molecule is CC(C)CNS(=O)(=O)NC1CC[C@H]2CNC[C@H]2C1. The minimum atomic E-state index is -3.33. The van der Waals surface area contributed by atoms with Crippen LogP contribution in [0.3, 0.4) is 0 Å². The Hall–Kier alpha value is -0.170. The Labute approximate surface area is 110 Å². The maximum Gasteiger partial charge on any atom is 0.277 e. The lowest BCUT2D eigenvalue weighted by atomic mass is 9.79. The molecule has 0 aromatic carbocycles. The molecule has 5 nitrogen and oxygen atoms in total. The highest BCUT2D eigenvalue weighted by atomic mass is 32.2. The molecule has 18 heavy (non-hydrogen) atoms. The highest BCUT2D eigenvalue weighted by Crippen LogP contribution is 2.32. The van der Waals surface area contributed by atoms with Gasteiger partial charge in [0.2, 0.25) is 0 Å². The zero-order valence-electron chi connectivity index (χ0n) is 11.3. The van der Waals surface area contributed by atoms with Gasteiger partial charge in [0.1, 0.15) is 0 Å². The average Bonchev–Trinajstić information content (AvgIpc) is 2.73. The third-order valence-corrected chi connectivity index (χ3v) is 5.15. The van der Waals surface area contributed by atoms with E-state index in [1.807, 2.05) is 13.8 Å². The van der Waals surface area contributed by atoms with Crippen LogP contribution in [0.15, 0.2) is 0 Å². The molecule has 0 amide bonds. The zero-order chi connectivity index (χ0) is 13.2. The smallest absolute Gasteiger partial charge is 0.277 e. The molecule has 0 spiro atoms. The molecule has 0 bridgehead atoms. The minimum Gasteiger partial charge on any atom is -0.316 e. The van der Waals surface area contributed by atoms with Crippen LogP contribution in [0, 0.1) is 17.8 Å². The first-order valence-corrected chi connectivity index (χ1v) is 8.42. The summed E-state index contributed by atoms with van der Waals surface area (Å²) in [7, 11) is -3.33. The second kappa shape index (κ2) is 5.86. The standard InChI is InChI=1S/C12H25N3O2S/c1-9(2)6-14-18(16,17)15-12-4-3-10-7-13-8-11(10)5-12/h9-15H,3-8H2,1-2H3/t10-,11+,12?/m0/s1. The first kappa shape index (κ1) is 14.2. The van der Waals surface area contributed by atoms with E-state index in [0.717, 1.165) is 38.3 Å². The van der Waals surface area contributed by atoms with Gasteiger partial charge in [0.25, 0.3) is 10.2 Å². The van der Waals surface area contributed by atoms with E-state index in [1.54, 1.807) is 0 Å². The zero-order valence-corrected chi connectivity index (χ0v) is 12.1. The van der Waals surface area contributed by atoms with Gasteiger partial charge in [-0.25, -0.2) is 4.72 Å². The second-order valence-corrected chi connectivity index (χ2v) is 7.58. The Morgan fingerprint density at radius 2 is 1.94 bits per heavy atom. The molecule has 2 fully saturated rings. The summed E-state index contributed by atoms with van der Waals surface area (Å²) >= 11 is 0. The average molecular weight is 275 g/mol. The van der Waals surface area contributed by atoms with Crippen LogP contribution in [0.1, 0.15) is 33.1 Å². The van der Waals surface area contributed by atoms with Crippen molar-refractivity contribution in [2.24, 2.45) is 17.8 Å². The lowest BCUT2D eigenvalue weighted by Gasteiger charge is -2.31. The Morgan fingerprint density at radius 3 is 2.67 bits per heavy atom. The summed E-state index contributed by atoms with van der Waals surface area (Å²) in [4.78, 5) is 0. The maximum atomic E-state index is 11.9. The van der Waals surface area contributed by atoms with Crippen LogP contribution in [-0.2, 0) is 10.2 Å². The predicted molar refractivity (Wildman–Crippen MR) is 72.4 cm³/mol. The molecule has 106 valence electrons. The Kier molecular flexibility index (Phi) is 4.64. The summed E-state index contributed by atoms with van der Waals surface area (Å²) in [6, 6.07) is 0.107. The van der Waals surface area contributed by atoms with E-state index in [2.05, 4.69) is 14.8 Å². The molecule has 1 aliphatic heterocycles. The third-order valence-electron chi connectivity index (χ3n) is 3.96. The number of hydrogen-bond acceptors (Lipinski definition) is 3. The van der Waals surface area contributed by atoms with Gasteiger partial charge in [-0.2, -0.15) is 13.1 Å². The normalized spacial score (nSPS) is 32.7. The van der Waals surface area contributed by atoms with Crippen LogP contribution in [0.4, 0.5) is 0 Å². The van der Waals surface area contributed by atoms with E-state index in [9.17, 15) is 8.42 Å². The molecular weight excluding hydrogens is 250 g/mol. The van der Waals surface area contributed by atoms with Gasteiger partial charge in [0.05, 0.1) is 0 Å². The van der Waals surface area contributed by atoms with Crippen molar-refractivity contribution in [3.8, 4) is 0 Å². The van der Waals surface area contributed by atoms with Gasteiger partial charge in [-0.3, -0.25) is 0 Å². The van der Waals surface area contributed by atoms with Crippen LogP contribution < -0.4 is 14.8 Å². The highest BCUT2D eigenvalue weighted by molar-refractivity contribution is 7.87. The molecule has 1 saturated heterocycles. The van der Waals surface area contributed by atoms with Crippen molar-refractivity contribution in [2.45, 2.75) is 39.2 Å². The summed E-state index contributed by atoms with van der Waals surface area (Å²) in [5, 5.41) is 3.39. The molecule has 1 aliphatic carbocycles. The number of nitrogens with one attached hydrogen (secondary N) is 3. The Morgan fingerprint density at radius 1 is 1.22 bits per heavy atom. The quantitative estimate of drug-likeness (QED) is 0.682. The highest BCUT2D eigenvalue weighted by Gasteiger charge is 2.34. The van der Waals surface area contributed by atoms with E-state index in [-0.39, 0.29) is 6.04 Å².